The summed E-state index contributed by atoms with van der Waals surface area (Å²) < 4.78 is 0. The third kappa shape index (κ3) is 5.34. The highest BCUT2D eigenvalue weighted by Gasteiger charge is 2.18. The van der Waals surface area contributed by atoms with E-state index in [1.807, 2.05) is 18.2 Å². The Morgan fingerprint density at radius 1 is 1.17 bits per heavy atom. The lowest BCUT2D eigenvalue weighted by atomic mass is 9.94. The smallest absolute Gasteiger partial charge is 0.313 e. The Morgan fingerprint density at radius 2 is 1.92 bits per heavy atom. The van der Waals surface area contributed by atoms with Crippen LogP contribution in [0.1, 0.15) is 44.2 Å². The number of aliphatic hydroxyl groups excluding tert-OH is 1. The van der Waals surface area contributed by atoms with Gasteiger partial charge in [0.2, 0.25) is 0 Å². The molecule has 1 atom stereocenters. The molecular weight excluding hydrogens is 304 g/mol. The summed E-state index contributed by atoms with van der Waals surface area (Å²) in [6, 6.07) is 5.83. The van der Waals surface area contributed by atoms with Gasteiger partial charge < -0.3 is 15.7 Å². The Kier molecular flexibility index (Phi) is 6.79. The van der Waals surface area contributed by atoms with Gasteiger partial charge in [0.1, 0.15) is 0 Å². The Labute approximate surface area is 143 Å². The lowest BCUT2D eigenvalue weighted by molar-refractivity contribution is -0.136. The first-order valence-corrected chi connectivity index (χ1v) is 8.81. The first-order valence-electron chi connectivity index (χ1n) is 8.81. The van der Waals surface area contributed by atoms with Crippen LogP contribution in [0, 0.1) is 11.8 Å². The van der Waals surface area contributed by atoms with Crippen molar-refractivity contribution in [3.63, 3.8) is 0 Å². The molecule has 0 bridgehead atoms. The number of carbonyl (C=O) groups is 2. The van der Waals surface area contributed by atoms with Crippen molar-refractivity contribution in [2.75, 3.05) is 18.5 Å². The molecule has 1 aromatic rings. The van der Waals surface area contributed by atoms with Crippen molar-refractivity contribution in [2.45, 2.75) is 46.0 Å². The summed E-state index contributed by atoms with van der Waals surface area (Å²) in [7, 11) is 0. The molecule has 0 fully saturated rings. The van der Waals surface area contributed by atoms with Crippen LogP contribution >= 0.6 is 0 Å². The molecule has 3 N–H and O–H groups in total. The molecule has 1 aliphatic rings. The number of nitrogens with one attached hydrogen (secondary N) is 2. The zero-order chi connectivity index (χ0) is 17.5. The maximum atomic E-state index is 12.0. The van der Waals surface area contributed by atoms with E-state index in [1.54, 1.807) is 0 Å². The zero-order valence-electron chi connectivity index (χ0n) is 14.6. The standard InChI is InChI=1S/C19H28N2O3/c1-13(2)10-14(8-9-22)12-20-18(23)19(24)21-17-7-6-15-4-3-5-16(15)11-17/h6-7,11,13-14,22H,3-5,8-10,12H2,1-2H3,(H,20,23)(H,21,24). The fourth-order valence-corrected chi connectivity index (χ4v) is 3.31. The fourth-order valence-electron chi connectivity index (χ4n) is 3.31. The monoisotopic (exact) mass is 332 g/mol. The lowest BCUT2D eigenvalue weighted by Gasteiger charge is -2.18. The highest BCUT2D eigenvalue weighted by molar-refractivity contribution is 6.39. The van der Waals surface area contributed by atoms with Gasteiger partial charge in [-0.15, -0.1) is 0 Å². The Morgan fingerprint density at radius 3 is 2.62 bits per heavy atom. The number of benzene rings is 1. The molecule has 24 heavy (non-hydrogen) atoms. The summed E-state index contributed by atoms with van der Waals surface area (Å²) >= 11 is 0. The summed E-state index contributed by atoms with van der Waals surface area (Å²) in [5.41, 5.74) is 3.26. The minimum atomic E-state index is -0.639. The molecule has 0 heterocycles. The van der Waals surface area contributed by atoms with Gasteiger partial charge >= 0.3 is 11.8 Å². The topological polar surface area (TPSA) is 78.4 Å². The van der Waals surface area contributed by atoms with Gasteiger partial charge in [-0.05, 0) is 67.2 Å². The van der Waals surface area contributed by atoms with Crippen LogP contribution in [0.15, 0.2) is 18.2 Å². The summed E-state index contributed by atoms with van der Waals surface area (Å²) in [6.07, 6.45) is 4.81. The number of aryl methyl sites for hydroxylation is 2. The predicted molar refractivity (Wildman–Crippen MR) is 94.8 cm³/mol. The number of fused-ring (bicyclic) bond motifs is 1. The van der Waals surface area contributed by atoms with Crippen LogP contribution in [0.4, 0.5) is 5.69 Å². The van der Waals surface area contributed by atoms with Gasteiger partial charge in [-0.2, -0.15) is 0 Å². The molecule has 2 rings (SSSR count). The quantitative estimate of drug-likeness (QED) is 0.670. The largest absolute Gasteiger partial charge is 0.396 e. The van der Waals surface area contributed by atoms with Crippen LogP contribution in [0.5, 0.6) is 0 Å². The van der Waals surface area contributed by atoms with Crippen LogP contribution in [0.3, 0.4) is 0 Å². The maximum Gasteiger partial charge on any atom is 0.313 e. The van der Waals surface area contributed by atoms with Crippen molar-refractivity contribution in [3.8, 4) is 0 Å². The van der Waals surface area contributed by atoms with E-state index in [1.165, 1.54) is 11.1 Å². The van der Waals surface area contributed by atoms with E-state index in [9.17, 15) is 9.59 Å². The van der Waals surface area contributed by atoms with Crippen molar-refractivity contribution in [1.82, 2.24) is 5.32 Å². The Bertz CT molecular complexity index is 584. The average Bonchev–Trinajstić information content (AvgIpc) is 2.99. The SMILES string of the molecule is CC(C)CC(CCO)CNC(=O)C(=O)Nc1ccc2c(c1)CCC2. The first-order chi connectivity index (χ1) is 11.5. The summed E-state index contributed by atoms with van der Waals surface area (Å²) in [5, 5.41) is 14.5. The second-order valence-corrected chi connectivity index (χ2v) is 7.01. The van der Waals surface area contributed by atoms with Crippen LogP contribution in [0.25, 0.3) is 0 Å². The second-order valence-electron chi connectivity index (χ2n) is 7.01. The summed E-state index contributed by atoms with van der Waals surface area (Å²) in [5.74, 6) is -0.590. The number of rotatable bonds is 7. The highest BCUT2D eigenvalue weighted by Crippen LogP contribution is 2.24. The first kappa shape index (κ1) is 18.5. The molecule has 1 unspecified atom stereocenters. The molecule has 1 aliphatic carbocycles. The molecule has 0 saturated heterocycles. The van der Waals surface area contributed by atoms with Crippen LogP contribution in [-0.4, -0.2) is 30.1 Å². The van der Waals surface area contributed by atoms with Gasteiger partial charge in [0.25, 0.3) is 0 Å². The van der Waals surface area contributed by atoms with E-state index in [0.29, 0.717) is 24.6 Å². The van der Waals surface area contributed by atoms with Crippen molar-refractivity contribution >= 4 is 17.5 Å². The number of anilines is 1. The number of carbonyl (C=O) groups excluding carboxylic acids is 2. The summed E-state index contributed by atoms with van der Waals surface area (Å²) in [4.78, 5) is 24.0. The van der Waals surface area contributed by atoms with Crippen LogP contribution < -0.4 is 10.6 Å². The lowest BCUT2D eigenvalue weighted by Crippen LogP contribution is -2.38. The molecule has 0 radical (unpaired) electrons. The van der Waals surface area contributed by atoms with E-state index in [4.69, 9.17) is 5.11 Å². The molecule has 0 aromatic heterocycles. The van der Waals surface area contributed by atoms with Gasteiger partial charge in [0.15, 0.2) is 0 Å². The van der Waals surface area contributed by atoms with E-state index >= 15 is 0 Å². The molecule has 0 saturated carbocycles. The third-order valence-electron chi connectivity index (χ3n) is 4.46. The average molecular weight is 332 g/mol. The minimum absolute atomic E-state index is 0.0918. The highest BCUT2D eigenvalue weighted by atomic mass is 16.3. The molecule has 5 heteroatoms. The van der Waals surface area contributed by atoms with Gasteiger partial charge in [0, 0.05) is 18.8 Å². The van der Waals surface area contributed by atoms with Crippen molar-refractivity contribution < 1.29 is 14.7 Å². The minimum Gasteiger partial charge on any atom is -0.396 e. The Hall–Kier alpha value is -1.88. The molecule has 1 aromatic carbocycles. The van der Waals surface area contributed by atoms with Crippen molar-refractivity contribution in [3.05, 3.63) is 29.3 Å². The maximum absolute atomic E-state index is 12.0. The number of hydrogen-bond donors (Lipinski definition) is 3. The molecule has 0 aliphatic heterocycles. The number of amides is 2. The number of aliphatic hydroxyl groups is 1. The van der Waals surface area contributed by atoms with Crippen molar-refractivity contribution in [2.24, 2.45) is 11.8 Å². The van der Waals surface area contributed by atoms with E-state index in [2.05, 4.69) is 24.5 Å². The van der Waals surface area contributed by atoms with E-state index in [0.717, 1.165) is 25.7 Å². The van der Waals surface area contributed by atoms with E-state index in [-0.39, 0.29) is 12.5 Å². The third-order valence-corrected chi connectivity index (χ3v) is 4.46. The summed E-state index contributed by atoms with van der Waals surface area (Å²) in [6.45, 7) is 4.71. The van der Waals surface area contributed by atoms with E-state index < -0.39 is 11.8 Å². The van der Waals surface area contributed by atoms with Gasteiger partial charge in [-0.1, -0.05) is 19.9 Å². The Balaban J connectivity index is 1.84. The molecular formula is C19H28N2O3. The normalized spacial score (nSPS) is 14.3. The molecule has 0 spiro atoms. The predicted octanol–water partition coefficient (Wildman–Crippen LogP) is 2.27. The van der Waals surface area contributed by atoms with Crippen LogP contribution in [0.2, 0.25) is 0 Å². The fraction of sp³-hybridized carbons (Fsp3) is 0.579. The molecule has 132 valence electrons. The van der Waals surface area contributed by atoms with Crippen LogP contribution in [-0.2, 0) is 22.4 Å². The zero-order valence-corrected chi connectivity index (χ0v) is 14.6. The molecule has 5 nitrogen and oxygen atoms in total. The van der Waals surface area contributed by atoms with Gasteiger partial charge in [-0.25, -0.2) is 0 Å². The van der Waals surface area contributed by atoms with Gasteiger partial charge in [0.05, 0.1) is 0 Å². The van der Waals surface area contributed by atoms with Crippen molar-refractivity contribution in [1.29, 1.82) is 0 Å². The molecule has 2 amide bonds. The second kappa shape index (κ2) is 8.83. The van der Waals surface area contributed by atoms with Gasteiger partial charge in [-0.3, -0.25) is 9.59 Å². The number of hydrogen-bond acceptors (Lipinski definition) is 3.